The van der Waals surface area contributed by atoms with Crippen molar-refractivity contribution in [2.45, 2.75) is 30.4 Å². The Morgan fingerprint density at radius 1 is 1.56 bits per heavy atom. The van der Waals surface area contributed by atoms with Crippen LogP contribution < -0.4 is 5.69 Å². The monoisotopic (exact) mass is 260 g/mol. The second-order valence-corrected chi connectivity index (χ2v) is 4.78. The average molecular weight is 260 g/mol. The van der Waals surface area contributed by atoms with Crippen LogP contribution in [0, 0.1) is 18.3 Å². The van der Waals surface area contributed by atoms with E-state index in [1.807, 2.05) is 32.0 Å². The Kier molecular flexibility index (Phi) is 3.53. The van der Waals surface area contributed by atoms with E-state index in [2.05, 4.69) is 16.3 Å². The number of nitrogens with one attached hydrogen (secondary N) is 1. The van der Waals surface area contributed by atoms with E-state index in [-0.39, 0.29) is 5.69 Å². The Morgan fingerprint density at radius 3 is 3.00 bits per heavy atom. The number of rotatable bonds is 3. The molecule has 6 heteroatoms. The van der Waals surface area contributed by atoms with Gasteiger partial charge in [0.25, 0.3) is 0 Å². The molecule has 0 fully saturated rings. The normalized spacial score (nSPS) is 10.3. The molecule has 2 rings (SSSR count). The van der Waals surface area contributed by atoms with E-state index in [4.69, 9.17) is 5.26 Å². The summed E-state index contributed by atoms with van der Waals surface area (Å²) in [5.74, 6) is 0. The zero-order valence-corrected chi connectivity index (χ0v) is 10.9. The molecule has 1 aromatic heterocycles. The molecular formula is C12H12N4OS. The highest BCUT2D eigenvalue weighted by Crippen LogP contribution is 2.28. The minimum atomic E-state index is -0.231. The molecule has 0 unspecified atom stereocenters. The minimum absolute atomic E-state index is 0.231. The summed E-state index contributed by atoms with van der Waals surface area (Å²) in [5.41, 5.74) is 1.40. The number of hydrogen-bond donors (Lipinski definition) is 1. The van der Waals surface area contributed by atoms with Gasteiger partial charge in [-0.2, -0.15) is 5.26 Å². The Bertz CT molecular complexity index is 665. The van der Waals surface area contributed by atoms with Crippen molar-refractivity contribution in [3.63, 3.8) is 0 Å². The van der Waals surface area contributed by atoms with Crippen LogP contribution in [0.2, 0.25) is 0 Å². The Hall–Kier alpha value is -2.00. The van der Waals surface area contributed by atoms with Crippen LogP contribution >= 0.6 is 11.8 Å². The van der Waals surface area contributed by atoms with Crippen molar-refractivity contribution < 1.29 is 0 Å². The van der Waals surface area contributed by atoms with Crippen LogP contribution in [0.1, 0.15) is 18.1 Å². The topological polar surface area (TPSA) is 74.5 Å². The van der Waals surface area contributed by atoms with Gasteiger partial charge in [-0.05, 0) is 43.3 Å². The maximum Gasteiger partial charge on any atom is 0.343 e. The van der Waals surface area contributed by atoms with Gasteiger partial charge in [0.1, 0.15) is 6.07 Å². The molecular weight excluding hydrogens is 248 g/mol. The van der Waals surface area contributed by atoms with Crippen molar-refractivity contribution in [3.05, 3.63) is 39.8 Å². The summed E-state index contributed by atoms with van der Waals surface area (Å²) < 4.78 is 1.53. The third-order valence-corrected chi connectivity index (χ3v) is 3.57. The third kappa shape index (κ3) is 2.31. The van der Waals surface area contributed by atoms with Gasteiger partial charge in [-0.1, -0.05) is 6.07 Å². The maximum absolute atomic E-state index is 11.4. The lowest BCUT2D eigenvalue weighted by atomic mass is 10.2. The first-order valence-electron chi connectivity index (χ1n) is 5.49. The summed E-state index contributed by atoms with van der Waals surface area (Å²) in [4.78, 5) is 12.2. The summed E-state index contributed by atoms with van der Waals surface area (Å²) in [7, 11) is 0. The highest BCUT2D eigenvalue weighted by Gasteiger charge is 2.11. The summed E-state index contributed by atoms with van der Waals surface area (Å²) in [5, 5.41) is 16.0. The number of nitrogens with zero attached hydrogens (tertiary/aromatic N) is 3. The number of aryl methyl sites for hydroxylation is 1. The van der Waals surface area contributed by atoms with E-state index in [9.17, 15) is 4.79 Å². The molecule has 1 aromatic carbocycles. The van der Waals surface area contributed by atoms with Gasteiger partial charge in [0.05, 0.1) is 5.56 Å². The highest BCUT2D eigenvalue weighted by atomic mass is 32.2. The average Bonchev–Trinajstić information content (AvgIpc) is 2.72. The van der Waals surface area contributed by atoms with E-state index >= 15 is 0 Å². The van der Waals surface area contributed by atoms with Gasteiger partial charge < -0.3 is 0 Å². The van der Waals surface area contributed by atoms with E-state index in [1.54, 1.807) is 0 Å². The number of H-pyrrole nitrogens is 1. The minimum Gasteiger partial charge on any atom is -0.270 e. The quantitative estimate of drug-likeness (QED) is 0.915. The van der Waals surface area contributed by atoms with Crippen LogP contribution in [-0.4, -0.2) is 14.8 Å². The van der Waals surface area contributed by atoms with Crippen molar-refractivity contribution in [1.82, 2.24) is 14.8 Å². The van der Waals surface area contributed by atoms with E-state index in [0.717, 1.165) is 10.5 Å². The van der Waals surface area contributed by atoms with Crippen molar-refractivity contribution >= 4 is 11.8 Å². The van der Waals surface area contributed by atoms with Crippen LogP contribution in [0.15, 0.2) is 33.0 Å². The van der Waals surface area contributed by atoms with Crippen molar-refractivity contribution in [3.8, 4) is 6.07 Å². The summed E-state index contributed by atoms with van der Waals surface area (Å²) in [6.45, 7) is 4.36. The summed E-state index contributed by atoms with van der Waals surface area (Å²) in [6, 6.07) is 7.78. The smallest absolute Gasteiger partial charge is 0.270 e. The molecule has 0 saturated carbocycles. The molecule has 0 atom stereocenters. The van der Waals surface area contributed by atoms with Gasteiger partial charge in [0.15, 0.2) is 5.16 Å². The molecule has 5 nitrogen and oxygen atoms in total. The molecule has 0 aliphatic heterocycles. The van der Waals surface area contributed by atoms with Crippen molar-refractivity contribution in [2.75, 3.05) is 0 Å². The molecule has 1 N–H and O–H groups in total. The SMILES string of the molecule is CCn1c(Sc2ccc(C)cc2C#N)n[nH]c1=O. The van der Waals surface area contributed by atoms with Gasteiger partial charge in [-0.25, -0.2) is 9.89 Å². The fourth-order valence-electron chi connectivity index (χ4n) is 1.58. The molecule has 2 aromatic rings. The van der Waals surface area contributed by atoms with Crippen molar-refractivity contribution in [2.24, 2.45) is 0 Å². The lowest BCUT2D eigenvalue weighted by molar-refractivity contribution is 0.660. The van der Waals surface area contributed by atoms with Gasteiger partial charge in [0.2, 0.25) is 0 Å². The molecule has 0 spiro atoms. The van der Waals surface area contributed by atoms with Crippen LogP contribution in [0.3, 0.4) is 0 Å². The van der Waals surface area contributed by atoms with E-state index in [1.165, 1.54) is 16.3 Å². The predicted molar refractivity (Wildman–Crippen MR) is 68.5 cm³/mol. The number of aromatic amines is 1. The Labute approximate surface area is 108 Å². The number of nitriles is 1. The number of benzene rings is 1. The van der Waals surface area contributed by atoms with Gasteiger partial charge in [-0.15, -0.1) is 5.10 Å². The van der Waals surface area contributed by atoms with Crippen LogP contribution in [0.5, 0.6) is 0 Å². The zero-order chi connectivity index (χ0) is 13.1. The fraction of sp³-hybridized carbons (Fsp3) is 0.250. The first-order chi connectivity index (χ1) is 8.65. The second kappa shape index (κ2) is 5.10. The predicted octanol–water partition coefficient (Wildman–Crippen LogP) is 1.92. The van der Waals surface area contributed by atoms with Gasteiger partial charge in [0, 0.05) is 11.4 Å². The first-order valence-corrected chi connectivity index (χ1v) is 6.31. The molecule has 0 saturated heterocycles. The number of aromatic nitrogens is 3. The van der Waals surface area contributed by atoms with E-state index in [0.29, 0.717) is 17.3 Å². The molecule has 0 aliphatic carbocycles. The Morgan fingerprint density at radius 2 is 2.33 bits per heavy atom. The molecule has 0 bridgehead atoms. The highest BCUT2D eigenvalue weighted by molar-refractivity contribution is 7.99. The first kappa shape index (κ1) is 12.5. The molecule has 0 aliphatic rings. The zero-order valence-electron chi connectivity index (χ0n) is 10.1. The van der Waals surface area contributed by atoms with Crippen molar-refractivity contribution in [1.29, 1.82) is 5.26 Å². The lowest BCUT2D eigenvalue weighted by Crippen LogP contribution is -2.16. The lowest BCUT2D eigenvalue weighted by Gasteiger charge is -2.04. The standard InChI is InChI=1S/C12H12N4OS/c1-3-16-11(17)14-15-12(16)18-10-5-4-8(2)6-9(10)7-13/h4-6H,3H2,1-2H3,(H,14,17). The fourth-order valence-corrected chi connectivity index (χ4v) is 2.54. The molecule has 92 valence electrons. The molecule has 18 heavy (non-hydrogen) atoms. The van der Waals surface area contributed by atoms with E-state index < -0.39 is 0 Å². The van der Waals surface area contributed by atoms with Gasteiger partial charge in [-0.3, -0.25) is 4.57 Å². The molecule has 0 amide bonds. The van der Waals surface area contributed by atoms with Crippen LogP contribution in [0.25, 0.3) is 0 Å². The number of hydrogen-bond acceptors (Lipinski definition) is 4. The molecule has 0 radical (unpaired) electrons. The summed E-state index contributed by atoms with van der Waals surface area (Å²) >= 11 is 1.32. The van der Waals surface area contributed by atoms with Gasteiger partial charge >= 0.3 is 5.69 Å². The van der Waals surface area contributed by atoms with Crippen LogP contribution in [-0.2, 0) is 6.54 Å². The molecule has 1 heterocycles. The second-order valence-electron chi connectivity index (χ2n) is 3.77. The summed E-state index contributed by atoms with van der Waals surface area (Å²) in [6.07, 6.45) is 0. The third-order valence-electron chi connectivity index (χ3n) is 2.50. The Balaban J connectivity index is 2.40. The van der Waals surface area contributed by atoms with Crippen LogP contribution in [0.4, 0.5) is 0 Å². The largest absolute Gasteiger partial charge is 0.343 e. The maximum atomic E-state index is 11.4.